The molecule has 0 fully saturated rings. The average molecular weight is 383 g/mol. The van der Waals surface area contributed by atoms with Crippen LogP contribution in [-0.4, -0.2) is 32.6 Å². The first-order chi connectivity index (χ1) is 13.3. The number of fused-ring (bicyclic) bond motifs is 1. The van der Waals surface area contributed by atoms with Crippen molar-refractivity contribution in [2.45, 2.75) is 40.7 Å². The van der Waals surface area contributed by atoms with Crippen molar-refractivity contribution in [3.8, 4) is 5.75 Å². The maximum Gasteiger partial charge on any atom is 0.277 e. The van der Waals surface area contributed by atoms with Gasteiger partial charge in [-0.3, -0.25) is 19.6 Å². The fourth-order valence-corrected chi connectivity index (χ4v) is 2.96. The first-order valence-corrected chi connectivity index (χ1v) is 9.20. The van der Waals surface area contributed by atoms with E-state index in [-0.39, 0.29) is 35.7 Å². The first kappa shape index (κ1) is 19.6. The fourth-order valence-electron chi connectivity index (χ4n) is 2.96. The Balaban J connectivity index is 2.09. The molecule has 1 aromatic carbocycles. The van der Waals surface area contributed by atoms with Crippen molar-refractivity contribution in [2.75, 3.05) is 12.0 Å². The molecule has 3 aromatic rings. The summed E-state index contributed by atoms with van der Waals surface area (Å²) in [6.45, 7) is 7.71. The molecule has 8 nitrogen and oxygen atoms in total. The van der Waals surface area contributed by atoms with Crippen LogP contribution in [0.15, 0.2) is 29.1 Å². The van der Waals surface area contributed by atoms with Crippen LogP contribution < -0.4 is 15.2 Å². The number of carbonyl (C=O) groups excluding carboxylic acids is 1. The maximum atomic E-state index is 13.0. The minimum atomic E-state index is -0.227. The number of hydrogen-bond acceptors (Lipinski definition) is 5. The summed E-state index contributed by atoms with van der Waals surface area (Å²) in [6.07, 6.45) is 0.354. The van der Waals surface area contributed by atoms with Gasteiger partial charge in [-0.15, -0.1) is 0 Å². The Hall–Kier alpha value is -3.16. The van der Waals surface area contributed by atoms with Crippen LogP contribution in [0, 0.1) is 19.8 Å². The van der Waals surface area contributed by atoms with Crippen LogP contribution in [-0.2, 0) is 11.3 Å². The molecule has 0 saturated carbocycles. The molecule has 2 heterocycles. The molecular weight excluding hydrogens is 358 g/mol. The Labute approximate surface area is 163 Å². The van der Waals surface area contributed by atoms with Gasteiger partial charge in [-0.05, 0) is 25.8 Å². The Kier molecular flexibility index (Phi) is 5.48. The van der Waals surface area contributed by atoms with Crippen molar-refractivity contribution in [3.05, 3.63) is 51.4 Å². The monoisotopic (exact) mass is 383 g/mol. The van der Waals surface area contributed by atoms with Gasteiger partial charge in [-0.1, -0.05) is 32.0 Å². The lowest BCUT2D eigenvalue weighted by atomic mass is 10.1. The van der Waals surface area contributed by atoms with Crippen LogP contribution >= 0.6 is 0 Å². The van der Waals surface area contributed by atoms with Gasteiger partial charge in [0.25, 0.3) is 11.3 Å². The van der Waals surface area contributed by atoms with Crippen molar-refractivity contribution >= 4 is 17.6 Å². The van der Waals surface area contributed by atoms with E-state index in [4.69, 9.17) is 4.74 Å². The minimum Gasteiger partial charge on any atom is -0.496 e. The SMILES string of the molecule is COc1ccccc1CN(C(=O)CC(C)C)c1nc2nc(C)c(C)c(=O)n2[nH]1. The zero-order valence-electron chi connectivity index (χ0n) is 16.8. The predicted molar refractivity (Wildman–Crippen MR) is 107 cm³/mol. The molecule has 3 rings (SSSR count). The summed E-state index contributed by atoms with van der Waals surface area (Å²) in [6, 6.07) is 7.51. The average Bonchev–Trinajstić information content (AvgIpc) is 3.07. The standard InChI is InChI=1S/C20H25N5O3/c1-12(2)10-17(26)24(11-15-8-6-7-9-16(15)28-5)20-22-19-21-14(4)13(3)18(27)25(19)23-20/h6-9,12H,10-11H2,1-5H3,(H,21,22,23). The third-order valence-electron chi connectivity index (χ3n) is 4.61. The molecule has 0 aliphatic carbocycles. The van der Waals surface area contributed by atoms with E-state index in [2.05, 4.69) is 15.1 Å². The summed E-state index contributed by atoms with van der Waals surface area (Å²) in [4.78, 5) is 35.8. The molecule has 0 unspecified atom stereocenters. The highest BCUT2D eigenvalue weighted by Gasteiger charge is 2.23. The molecular formula is C20H25N5O3. The lowest BCUT2D eigenvalue weighted by molar-refractivity contribution is -0.119. The summed E-state index contributed by atoms with van der Waals surface area (Å²) in [5, 5.41) is 2.94. The van der Waals surface area contributed by atoms with Gasteiger partial charge in [0.05, 0.1) is 13.7 Å². The molecule has 0 aliphatic heterocycles. The predicted octanol–water partition coefficient (Wildman–Crippen LogP) is 2.62. The number of carbonyl (C=O) groups is 1. The summed E-state index contributed by atoms with van der Waals surface area (Å²) in [5.74, 6) is 1.29. The fraction of sp³-hybridized carbons (Fsp3) is 0.400. The van der Waals surface area contributed by atoms with E-state index < -0.39 is 0 Å². The zero-order valence-corrected chi connectivity index (χ0v) is 16.8. The smallest absolute Gasteiger partial charge is 0.277 e. The lowest BCUT2D eigenvalue weighted by Gasteiger charge is -2.21. The highest BCUT2D eigenvalue weighted by molar-refractivity contribution is 5.91. The quantitative estimate of drug-likeness (QED) is 0.706. The molecule has 28 heavy (non-hydrogen) atoms. The van der Waals surface area contributed by atoms with Crippen LogP contribution in [0.2, 0.25) is 0 Å². The van der Waals surface area contributed by atoms with E-state index in [0.29, 0.717) is 23.4 Å². The largest absolute Gasteiger partial charge is 0.496 e. The second kappa shape index (κ2) is 7.84. The van der Waals surface area contributed by atoms with Crippen LogP contribution in [0.3, 0.4) is 0 Å². The van der Waals surface area contributed by atoms with Gasteiger partial charge in [0.1, 0.15) is 5.75 Å². The van der Waals surface area contributed by atoms with Crippen LogP contribution in [0.25, 0.3) is 5.78 Å². The number of nitrogens with one attached hydrogen (secondary N) is 1. The zero-order chi connectivity index (χ0) is 20.4. The summed E-state index contributed by atoms with van der Waals surface area (Å²) < 4.78 is 6.69. The maximum absolute atomic E-state index is 13.0. The highest BCUT2D eigenvalue weighted by atomic mass is 16.5. The van der Waals surface area contributed by atoms with Gasteiger partial charge in [0.2, 0.25) is 11.9 Å². The van der Waals surface area contributed by atoms with Gasteiger partial charge < -0.3 is 4.74 Å². The number of rotatable bonds is 6. The number of methoxy groups -OCH3 is 1. The molecule has 0 aliphatic rings. The number of nitrogens with zero attached hydrogens (tertiary/aromatic N) is 4. The molecule has 1 amide bonds. The van der Waals surface area contributed by atoms with Gasteiger partial charge in [0, 0.05) is 23.2 Å². The number of para-hydroxylation sites is 1. The van der Waals surface area contributed by atoms with Crippen LogP contribution in [0.5, 0.6) is 5.75 Å². The van der Waals surface area contributed by atoms with Gasteiger partial charge in [0.15, 0.2) is 0 Å². The van der Waals surface area contributed by atoms with Crippen molar-refractivity contribution in [1.82, 2.24) is 19.6 Å². The summed E-state index contributed by atoms with van der Waals surface area (Å²) in [7, 11) is 1.59. The van der Waals surface area contributed by atoms with E-state index in [1.807, 2.05) is 38.1 Å². The normalized spacial score (nSPS) is 11.2. The second-order valence-electron chi connectivity index (χ2n) is 7.20. The Morgan fingerprint density at radius 2 is 1.96 bits per heavy atom. The minimum absolute atomic E-state index is 0.0959. The Morgan fingerprint density at radius 1 is 1.25 bits per heavy atom. The lowest BCUT2D eigenvalue weighted by Crippen LogP contribution is -2.32. The molecule has 0 bridgehead atoms. The summed E-state index contributed by atoms with van der Waals surface area (Å²) >= 11 is 0. The van der Waals surface area contributed by atoms with Gasteiger partial charge in [-0.25, -0.2) is 4.98 Å². The molecule has 0 atom stereocenters. The second-order valence-corrected chi connectivity index (χ2v) is 7.20. The van der Waals surface area contributed by atoms with Gasteiger partial charge in [-0.2, -0.15) is 9.50 Å². The number of aromatic nitrogens is 4. The molecule has 0 spiro atoms. The number of aryl methyl sites for hydroxylation is 1. The van der Waals surface area contributed by atoms with Crippen molar-refractivity contribution < 1.29 is 9.53 Å². The third kappa shape index (κ3) is 3.76. The number of aromatic amines is 1. The van der Waals surface area contributed by atoms with E-state index in [9.17, 15) is 9.59 Å². The van der Waals surface area contributed by atoms with E-state index in [1.165, 1.54) is 9.42 Å². The first-order valence-electron chi connectivity index (χ1n) is 9.20. The molecule has 2 aromatic heterocycles. The number of anilines is 1. The van der Waals surface area contributed by atoms with Crippen LogP contribution in [0.4, 0.5) is 5.95 Å². The van der Waals surface area contributed by atoms with Crippen LogP contribution in [0.1, 0.15) is 37.1 Å². The summed E-state index contributed by atoms with van der Waals surface area (Å²) in [5.41, 5.74) is 1.77. The van der Waals surface area contributed by atoms with E-state index in [0.717, 1.165) is 5.56 Å². The number of hydrogen-bond donors (Lipinski definition) is 1. The van der Waals surface area contributed by atoms with E-state index >= 15 is 0 Å². The Bertz CT molecular complexity index is 1070. The third-order valence-corrected chi connectivity index (χ3v) is 4.61. The van der Waals surface area contributed by atoms with E-state index in [1.54, 1.807) is 21.0 Å². The van der Waals surface area contributed by atoms with Crippen molar-refractivity contribution in [2.24, 2.45) is 5.92 Å². The topological polar surface area (TPSA) is 92.6 Å². The van der Waals surface area contributed by atoms with Gasteiger partial charge >= 0.3 is 0 Å². The number of amides is 1. The number of H-pyrrole nitrogens is 1. The Morgan fingerprint density at radius 3 is 2.64 bits per heavy atom. The van der Waals surface area contributed by atoms with Crippen molar-refractivity contribution in [3.63, 3.8) is 0 Å². The number of benzene rings is 1. The molecule has 148 valence electrons. The molecule has 0 radical (unpaired) electrons. The highest BCUT2D eigenvalue weighted by Crippen LogP contribution is 2.23. The molecule has 0 saturated heterocycles. The molecule has 8 heteroatoms. The van der Waals surface area contributed by atoms with Crippen molar-refractivity contribution in [1.29, 1.82) is 0 Å². The number of ether oxygens (including phenoxy) is 1. The molecule has 1 N–H and O–H groups in total.